The van der Waals surface area contributed by atoms with Gasteiger partial charge in [-0.05, 0) is 50.1 Å². The van der Waals surface area contributed by atoms with Crippen LogP contribution < -0.4 is 16.0 Å². The molecule has 0 spiro atoms. The highest BCUT2D eigenvalue weighted by Gasteiger charge is 2.17. The number of benzene rings is 1. The Morgan fingerprint density at radius 1 is 1.27 bits per heavy atom. The zero-order chi connectivity index (χ0) is 18.4. The van der Waals surface area contributed by atoms with E-state index in [2.05, 4.69) is 21.0 Å². The second-order valence-electron chi connectivity index (χ2n) is 6.42. The molecule has 0 saturated carbocycles. The normalized spacial score (nSPS) is 16.9. The number of hydrogen-bond acceptors (Lipinski definition) is 4. The summed E-state index contributed by atoms with van der Waals surface area (Å²) in [6, 6.07) is 9.30. The molecule has 2 aromatic rings. The molecule has 1 aliphatic rings. The third kappa shape index (κ3) is 4.49. The van der Waals surface area contributed by atoms with Gasteiger partial charge >= 0.3 is 0 Å². The lowest BCUT2D eigenvalue weighted by atomic mass is 10.1. The molecule has 7 nitrogen and oxygen atoms in total. The van der Waals surface area contributed by atoms with Gasteiger partial charge in [-0.15, -0.1) is 0 Å². The van der Waals surface area contributed by atoms with Crippen LogP contribution in [0, 0.1) is 0 Å². The summed E-state index contributed by atoms with van der Waals surface area (Å²) in [5.41, 5.74) is 1.88. The van der Waals surface area contributed by atoms with Gasteiger partial charge in [0, 0.05) is 31.4 Å². The molecule has 0 aliphatic carbocycles. The molecular weight excluding hydrogens is 330 g/mol. The quantitative estimate of drug-likeness (QED) is 0.732. The number of aromatic nitrogens is 2. The molecule has 0 bridgehead atoms. The van der Waals surface area contributed by atoms with Crippen molar-refractivity contribution in [2.24, 2.45) is 0 Å². The molecule has 1 aromatic carbocycles. The van der Waals surface area contributed by atoms with Gasteiger partial charge in [0.25, 0.3) is 11.8 Å². The van der Waals surface area contributed by atoms with E-state index in [-0.39, 0.29) is 11.8 Å². The molecule has 1 aliphatic heterocycles. The minimum atomic E-state index is -0.212. The molecule has 138 valence electrons. The fourth-order valence-electron chi connectivity index (χ4n) is 3.08. The minimum Gasteiger partial charge on any atom is -0.352 e. The average molecular weight is 355 g/mol. The molecule has 1 saturated heterocycles. The molecule has 2 heterocycles. The van der Waals surface area contributed by atoms with E-state index in [1.807, 2.05) is 29.9 Å². The first-order valence-corrected chi connectivity index (χ1v) is 9.08. The third-order valence-electron chi connectivity index (χ3n) is 4.47. The summed E-state index contributed by atoms with van der Waals surface area (Å²) in [5, 5.41) is 13.4. The summed E-state index contributed by atoms with van der Waals surface area (Å²) in [4.78, 5) is 24.2. The molecule has 3 rings (SSSR count). The minimum absolute atomic E-state index is 0.111. The maximum atomic E-state index is 12.4. The third-order valence-corrected chi connectivity index (χ3v) is 4.47. The van der Waals surface area contributed by atoms with Gasteiger partial charge in [-0.2, -0.15) is 5.10 Å². The lowest BCUT2D eigenvalue weighted by Gasteiger charge is -2.22. The van der Waals surface area contributed by atoms with Crippen LogP contribution in [-0.2, 0) is 6.54 Å². The standard InChI is InChI=1S/C19H25N5O2/c1-2-21-18(25)15-6-3-5-14(11-15)12-22-19(26)17-8-10-24(23-17)16-7-4-9-20-13-16/h3,5-6,8,10-11,16,20H,2,4,7,9,12-13H2,1H3,(H,21,25)(H,22,26). The SMILES string of the molecule is CCNC(=O)c1cccc(CNC(=O)c2ccn(C3CCCNC3)n2)c1. The van der Waals surface area contributed by atoms with Crippen molar-refractivity contribution in [2.45, 2.75) is 32.4 Å². The van der Waals surface area contributed by atoms with Crippen molar-refractivity contribution in [3.8, 4) is 0 Å². The first-order chi connectivity index (χ1) is 12.7. The predicted octanol–water partition coefficient (Wildman–Crippen LogP) is 1.49. The molecular formula is C19H25N5O2. The lowest BCUT2D eigenvalue weighted by molar-refractivity contribution is 0.0942. The number of amides is 2. The van der Waals surface area contributed by atoms with Crippen LogP contribution in [0.4, 0.5) is 0 Å². The van der Waals surface area contributed by atoms with E-state index in [4.69, 9.17) is 0 Å². The summed E-state index contributed by atoms with van der Waals surface area (Å²) in [6.45, 7) is 4.74. The van der Waals surface area contributed by atoms with Crippen LogP contribution in [0.5, 0.6) is 0 Å². The van der Waals surface area contributed by atoms with E-state index in [1.54, 1.807) is 18.2 Å². The van der Waals surface area contributed by atoms with E-state index < -0.39 is 0 Å². The molecule has 0 radical (unpaired) electrons. The summed E-state index contributed by atoms with van der Waals surface area (Å²) >= 11 is 0. The van der Waals surface area contributed by atoms with Crippen molar-refractivity contribution >= 4 is 11.8 Å². The van der Waals surface area contributed by atoms with Crippen molar-refractivity contribution in [3.05, 3.63) is 53.3 Å². The van der Waals surface area contributed by atoms with Gasteiger partial charge in [0.2, 0.25) is 0 Å². The Morgan fingerprint density at radius 2 is 2.15 bits per heavy atom. The van der Waals surface area contributed by atoms with Crippen LogP contribution >= 0.6 is 0 Å². The van der Waals surface area contributed by atoms with Gasteiger partial charge in [-0.25, -0.2) is 0 Å². The van der Waals surface area contributed by atoms with Crippen molar-refractivity contribution in [1.29, 1.82) is 0 Å². The largest absolute Gasteiger partial charge is 0.352 e. The van der Waals surface area contributed by atoms with Gasteiger partial charge < -0.3 is 16.0 Å². The Bertz CT molecular complexity index is 765. The van der Waals surface area contributed by atoms with Crippen LogP contribution in [0.3, 0.4) is 0 Å². The van der Waals surface area contributed by atoms with E-state index >= 15 is 0 Å². The van der Waals surface area contributed by atoms with Crippen molar-refractivity contribution in [1.82, 2.24) is 25.7 Å². The van der Waals surface area contributed by atoms with Crippen LogP contribution in [0.1, 0.15) is 52.2 Å². The Hall–Kier alpha value is -2.67. The monoisotopic (exact) mass is 355 g/mol. The topological polar surface area (TPSA) is 88.0 Å². The number of hydrogen-bond donors (Lipinski definition) is 3. The molecule has 7 heteroatoms. The second kappa shape index (κ2) is 8.62. The fraction of sp³-hybridized carbons (Fsp3) is 0.421. The van der Waals surface area contributed by atoms with E-state index in [9.17, 15) is 9.59 Å². The Balaban J connectivity index is 1.58. The van der Waals surface area contributed by atoms with Gasteiger partial charge in [-0.3, -0.25) is 14.3 Å². The summed E-state index contributed by atoms with van der Waals surface area (Å²) in [7, 11) is 0. The first-order valence-electron chi connectivity index (χ1n) is 9.08. The zero-order valence-electron chi connectivity index (χ0n) is 15.0. The van der Waals surface area contributed by atoms with Crippen LogP contribution in [0.2, 0.25) is 0 Å². The molecule has 1 unspecified atom stereocenters. The summed E-state index contributed by atoms with van der Waals surface area (Å²) in [6.07, 6.45) is 4.05. The van der Waals surface area contributed by atoms with Crippen LogP contribution in [0.25, 0.3) is 0 Å². The van der Waals surface area contributed by atoms with Crippen molar-refractivity contribution in [3.63, 3.8) is 0 Å². The Labute approximate surface area is 153 Å². The highest BCUT2D eigenvalue weighted by Crippen LogP contribution is 2.15. The van der Waals surface area contributed by atoms with Crippen molar-refractivity contribution in [2.75, 3.05) is 19.6 Å². The summed E-state index contributed by atoms with van der Waals surface area (Å²) in [5.74, 6) is -0.323. The smallest absolute Gasteiger partial charge is 0.272 e. The molecule has 1 aromatic heterocycles. The molecule has 1 fully saturated rings. The van der Waals surface area contributed by atoms with Gasteiger partial charge in [-0.1, -0.05) is 12.1 Å². The molecule has 3 N–H and O–H groups in total. The lowest BCUT2D eigenvalue weighted by Crippen LogP contribution is -2.32. The van der Waals surface area contributed by atoms with E-state index in [0.29, 0.717) is 30.4 Å². The zero-order valence-corrected chi connectivity index (χ0v) is 15.0. The number of rotatable bonds is 6. The number of carbonyl (C=O) groups is 2. The fourth-order valence-corrected chi connectivity index (χ4v) is 3.08. The Morgan fingerprint density at radius 3 is 2.92 bits per heavy atom. The highest BCUT2D eigenvalue weighted by atomic mass is 16.2. The molecule has 1 atom stereocenters. The van der Waals surface area contributed by atoms with Crippen molar-refractivity contribution < 1.29 is 9.59 Å². The van der Waals surface area contributed by atoms with Crippen LogP contribution in [0.15, 0.2) is 36.5 Å². The number of nitrogens with zero attached hydrogens (tertiary/aromatic N) is 2. The number of carbonyl (C=O) groups excluding carboxylic acids is 2. The maximum absolute atomic E-state index is 12.4. The second-order valence-corrected chi connectivity index (χ2v) is 6.42. The van der Waals surface area contributed by atoms with Crippen LogP contribution in [-0.4, -0.2) is 41.2 Å². The average Bonchev–Trinajstić information content (AvgIpc) is 3.17. The Kier molecular flexibility index (Phi) is 6.01. The number of piperidine rings is 1. The summed E-state index contributed by atoms with van der Waals surface area (Å²) < 4.78 is 1.87. The number of nitrogens with one attached hydrogen (secondary N) is 3. The first kappa shape index (κ1) is 18.1. The maximum Gasteiger partial charge on any atom is 0.272 e. The van der Waals surface area contributed by atoms with Gasteiger partial charge in [0.15, 0.2) is 0 Å². The van der Waals surface area contributed by atoms with Gasteiger partial charge in [0.05, 0.1) is 6.04 Å². The molecule has 2 amide bonds. The molecule has 26 heavy (non-hydrogen) atoms. The van der Waals surface area contributed by atoms with E-state index in [0.717, 1.165) is 31.5 Å². The van der Waals surface area contributed by atoms with E-state index in [1.165, 1.54) is 0 Å². The predicted molar refractivity (Wildman–Crippen MR) is 99.0 cm³/mol. The van der Waals surface area contributed by atoms with Gasteiger partial charge in [0.1, 0.15) is 5.69 Å². The highest BCUT2D eigenvalue weighted by molar-refractivity contribution is 5.94.